The molecule has 0 aromatic heterocycles. The van der Waals surface area contributed by atoms with Gasteiger partial charge in [0.05, 0.1) is 36.9 Å². The molecule has 3 N–H and O–H groups in total. The molecule has 3 rings (SSSR count). The molecule has 16 heteroatoms. The van der Waals surface area contributed by atoms with Crippen molar-refractivity contribution in [3.05, 3.63) is 24.3 Å². The van der Waals surface area contributed by atoms with Crippen LogP contribution in [0.4, 0.5) is 0 Å². The standard InChI is InChI=1S/C43H71NO15/c1-12-32(47)56-31-22-34(49)53-26(5)16-14-13-15-17-30(46)25(4)21-29(18-19-45)39(40(31)52-11)59-42-37(50)36(44(9)10)38(27(6)55-42)58-35-23-43(8,51)41(28(7)54-35)57-33(48)20-24(2)3/h13-15,17,19,24-31,35-42,46,50-51H,12,16,18,20-23H2,1-11H3/b14-13+,17-15+. The third-order valence-electron chi connectivity index (χ3n) is 11.2. The molecular formula is C43H71NO15. The Morgan fingerprint density at radius 2 is 1.69 bits per heavy atom. The monoisotopic (exact) mass is 841 g/mol. The first kappa shape index (κ1) is 50.6. The van der Waals surface area contributed by atoms with Crippen LogP contribution >= 0.6 is 0 Å². The molecule has 0 aromatic rings. The first-order chi connectivity index (χ1) is 27.7. The van der Waals surface area contributed by atoms with E-state index in [1.165, 1.54) is 7.11 Å². The lowest BCUT2D eigenvalue weighted by atomic mass is 9.82. The third kappa shape index (κ3) is 14.7. The fourth-order valence-electron chi connectivity index (χ4n) is 8.12. The maximum absolute atomic E-state index is 13.3. The molecular weight excluding hydrogens is 770 g/mol. The van der Waals surface area contributed by atoms with E-state index in [0.29, 0.717) is 6.42 Å². The fraction of sp³-hybridized carbons (Fsp3) is 0.814. The number of ether oxygens (including phenoxy) is 8. The topological polar surface area (TPSA) is 206 Å². The van der Waals surface area contributed by atoms with Gasteiger partial charge in [0.15, 0.2) is 18.7 Å². The molecule has 3 aliphatic heterocycles. The van der Waals surface area contributed by atoms with Gasteiger partial charge in [0, 0.05) is 39.2 Å². The number of aliphatic hydroxyl groups is 3. The van der Waals surface area contributed by atoms with Crippen LogP contribution in [0.5, 0.6) is 0 Å². The minimum Gasteiger partial charge on any atom is -0.462 e. The summed E-state index contributed by atoms with van der Waals surface area (Å²) in [6, 6.07) is -0.782. The summed E-state index contributed by atoms with van der Waals surface area (Å²) in [6.45, 7) is 14.0. The van der Waals surface area contributed by atoms with Crippen LogP contribution in [0.3, 0.4) is 0 Å². The van der Waals surface area contributed by atoms with E-state index in [0.717, 1.165) is 6.29 Å². The summed E-state index contributed by atoms with van der Waals surface area (Å²) in [7, 11) is 4.87. The van der Waals surface area contributed by atoms with Crippen LogP contribution in [0.25, 0.3) is 0 Å². The summed E-state index contributed by atoms with van der Waals surface area (Å²) >= 11 is 0. The van der Waals surface area contributed by atoms with Gasteiger partial charge in [0.1, 0.15) is 42.4 Å². The van der Waals surface area contributed by atoms with Crippen LogP contribution < -0.4 is 0 Å². The highest BCUT2D eigenvalue weighted by Gasteiger charge is 2.53. The van der Waals surface area contributed by atoms with Gasteiger partial charge in [0.25, 0.3) is 0 Å². The van der Waals surface area contributed by atoms with E-state index in [1.807, 2.05) is 26.8 Å². The number of methoxy groups -OCH3 is 1. The molecule has 16 unspecified atom stereocenters. The molecule has 2 saturated heterocycles. The number of likely N-dealkylation sites (N-methyl/N-ethyl adjacent to an activating group) is 1. The number of aliphatic hydroxyl groups excluding tert-OH is 2. The van der Waals surface area contributed by atoms with Crippen molar-refractivity contribution in [1.29, 1.82) is 0 Å². The van der Waals surface area contributed by atoms with Crippen molar-refractivity contribution in [1.82, 2.24) is 4.90 Å². The van der Waals surface area contributed by atoms with Crippen molar-refractivity contribution in [2.75, 3.05) is 21.2 Å². The van der Waals surface area contributed by atoms with E-state index in [1.54, 1.807) is 71.8 Å². The molecule has 0 radical (unpaired) electrons. The maximum atomic E-state index is 13.3. The third-order valence-corrected chi connectivity index (χ3v) is 11.2. The predicted octanol–water partition coefficient (Wildman–Crippen LogP) is 3.40. The number of carbonyl (C=O) groups excluding carboxylic acids is 4. The van der Waals surface area contributed by atoms with Gasteiger partial charge in [-0.15, -0.1) is 0 Å². The average Bonchev–Trinajstić information content (AvgIpc) is 3.13. The van der Waals surface area contributed by atoms with Gasteiger partial charge in [-0.25, -0.2) is 0 Å². The van der Waals surface area contributed by atoms with Crippen molar-refractivity contribution < 1.29 is 72.4 Å². The molecule has 16 atom stereocenters. The first-order valence-corrected chi connectivity index (χ1v) is 21.0. The number of esters is 3. The van der Waals surface area contributed by atoms with Crippen LogP contribution in [-0.2, 0) is 57.1 Å². The lowest BCUT2D eigenvalue weighted by molar-refractivity contribution is -0.344. The number of rotatable bonds is 13. The quantitative estimate of drug-likeness (QED) is 0.138. The Bertz CT molecular complexity index is 1400. The molecule has 0 aliphatic carbocycles. The highest BCUT2D eigenvalue weighted by Crippen LogP contribution is 2.38. The van der Waals surface area contributed by atoms with Crippen LogP contribution in [0, 0.1) is 17.8 Å². The van der Waals surface area contributed by atoms with Crippen LogP contribution in [0.15, 0.2) is 24.3 Å². The molecule has 59 heavy (non-hydrogen) atoms. The first-order valence-electron chi connectivity index (χ1n) is 21.0. The second-order valence-corrected chi connectivity index (χ2v) is 17.2. The van der Waals surface area contributed by atoms with Gasteiger partial charge in [0.2, 0.25) is 0 Å². The molecule has 0 bridgehead atoms. The summed E-state index contributed by atoms with van der Waals surface area (Å²) in [4.78, 5) is 52.8. The Balaban J connectivity index is 1.99. The Hall–Kier alpha value is -2.80. The summed E-state index contributed by atoms with van der Waals surface area (Å²) < 4.78 is 48.9. The fourth-order valence-corrected chi connectivity index (χ4v) is 8.12. The highest BCUT2D eigenvalue weighted by atomic mass is 16.7. The second kappa shape index (κ2) is 23.4. The lowest BCUT2D eigenvalue weighted by Gasteiger charge is -2.50. The lowest BCUT2D eigenvalue weighted by Crippen LogP contribution is -2.66. The Morgan fingerprint density at radius 1 is 1.00 bits per heavy atom. The smallest absolute Gasteiger partial charge is 0.309 e. The predicted molar refractivity (Wildman–Crippen MR) is 214 cm³/mol. The van der Waals surface area contributed by atoms with Crippen LogP contribution in [-0.4, -0.2) is 151 Å². The van der Waals surface area contributed by atoms with Crippen LogP contribution in [0.2, 0.25) is 0 Å². The van der Waals surface area contributed by atoms with Crippen LogP contribution in [0.1, 0.15) is 100 Å². The number of allylic oxidation sites excluding steroid dienone is 2. The highest BCUT2D eigenvalue weighted by molar-refractivity contribution is 5.72. The van der Waals surface area contributed by atoms with E-state index >= 15 is 0 Å². The van der Waals surface area contributed by atoms with E-state index < -0.39 is 121 Å². The second-order valence-electron chi connectivity index (χ2n) is 17.2. The Labute approximate surface area is 349 Å². The molecule has 0 amide bonds. The van der Waals surface area contributed by atoms with Crippen molar-refractivity contribution in [3.8, 4) is 0 Å². The van der Waals surface area contributed by atoms with Gasteiger partial charge in [-0.1, -0.05) is 52.0 Å². The zero-order valence-electron chi connectivity index (χ0n) is 36.8. The van der Waals surface area contributed by atoms with E-state index in [2.05, 4.69) is 0 Å². The maximum Gasteiger partial charge on any atom is 0.309 e. The van der Waals surface area contributed by atoms with Gasteiger partial charge in [-0.3, -0.25) is 14.4 Å². The minimum absolute atomic E-state index is 0.00123. The molecule has 3 heterocycles. The SMILES string of the molecule is CCC(=O)OC1CC(=O)OC(C)C/C=C/C=C/C(O)C(C)CC(CC=O)C(OC2OC(C)C(OC3CC(C)(O)C(OC(=O)CC(C)C)C(C)O3)C(N(C)C)C2O)C1OC. The van der Waals surface area contributed by atoms with Gasteiger partial charge < -0.3 is 62.9 Å². The number of cyclic esters (lactones) is 1. The van der Waals surface area contributed by atoms with Crippen molar-refractivity contribution in [2.45, 2.75) is 186 Å². The number of nitrogens with zero attached hydrogens (tertiary/aromatic N) is 1. The molecule has 3 aliphatic rings. The normalized spacial score (nSPS) is 40.2. The summed E-state index contributed by atoms with van der Waals surface area (Å²) in [5, 5.41) is 34.7. The number of carbonyl (C=O) groups is 4. The van der Waals surface area contributed by atoms with E-state index in [9.17, 15) is 34.5 Å². The number of aldehydes is 1. The van der Waals surface area contributed by atoms with Gasteiger partial charge in [-0.05, 0) is 66.0 Å². The summed E-state index contributed by atoms with van der Waals surface area (Å²) in [5.41, 5.74) is -1.50. The van der Waals surface area contributed by atoms with Crippen molar-refractivity contribution in [3.63, 3.8) is 0 Å². The molecule has 338 valence electrons. The summed E-state index contributed by atoms with van der Waals surface area (Å²) in [5.74, 6) is -2.72. The van der Waals surface area contributed by atoms with Crippen molar-refractivity contribution >= 4 is 24.2 Å². The van der Waals surface area contributed by atoms with Crippen molar-refractivity contribution in [2.24, 2.45) is 17.8 Å². The number of hydrogen-bond donors (Lipinski definition) is 3. The Morgan fingerprint density at radius 3 is 2.29 bits per heavy atom. The number of hydrogen-bond acceptors (Lipinski definition) is 16. The summed E-state index contributed by atoms with van der Waals surface area (Å²) in [6.07, 6.45) is -4.07. The Kier molecular flexibility index (Phi) is 20.1. The minimum atomic E-state index is -1.50. The largest absolute Gasteiger partial charge is 0.462 e. The zero-order valence-corrected chi connectivity index (χ0v) is 36.8. The molecule has 0 spiro atoms. The molecule has 0 saturated carbocycles. The average molecular weight is 842 g/mol. The zero-order chi connectivity index (χ0) is 44.2. The van der Waals surface area contributed by atoms with Gasteiger partial charge >= 0.3 is 17.9 Å². The van der Waals surface area contributed by atoms with E-state index in [-0.39, 0.29) is 38.0 Å². The molecule has 2 fully saturated rings. The van der Waals surface area contributed by atoms with Gasteiger partial charge in [-0.2, -0.15) is 0 Å². The van der Waals surface area contributed by atoms with E-state index in [4.69, 9.17) is 37.9 Å². The molecule has 16 nitrogen and oxygen atoms in total. The molecule has 0 aromatic carbocycles.